The van der Waals surface area contributed by atoms with Crippen molar-refractivity contribution in [3.8, 4) is 5.75 Å². The topological polar surface area (TPSA) is 71.8 Å². The van der Waals surface area contributed by atoms with Crippen molar-refractivity contribution in [1.29, 1.82) is 0 Å². The molecule has 1 atom stereocenters. The molecule has 6 nitrogen and oxygen atoms in total. The standard InChI is InChI=1S/C25H24ClFN2O4/c1-32-21-13-12-16(26)15-20(21)29(25(31)22-11-6-14-33-22)23(18-9-4-5-10-19(18)27)24(30)28-17-7-2-3-8-17/h4-6,9-15,17,23H,2-3,7-8H2,1H3,(H,28,30)/t23-/m0/s1. The minimum Gasteiger partial charge on any atom is -0.495 e. The Labute approximate surface area is 196 Å². The van der Waals surface area contributed by atoms with E-state index in [0.29, 0.717) is 10.8 Å². The third kappa shape index (κ3) is 4.88. The molecule has 172 valence electrons. The largest absolute Gasteiger partial charge is 0.495 e. The summed E-state index contributed by atoms with van der Waals surface area (Å²) < 4.78 is 25.9. The van der Waals surface area contributed by atoms with Crippen LogP contribution in [0.15, 0.2) is 65.3 Å². The Hall–Kier alpha value is -3.32. The van der Waals surface area contributed by atoms with Crippen LogP contribution in [0.25, 0.3) is 0 Å². The van der Waals surface area contributed by atoms with Crippen LogP contribution in [-0.4, -0.2) is 25.0 Å². The Bertz CT molecular complexity index is 1130. The fourth-order valence-corrected chi connectivity index (χ4v) is 4.35. The maximum Gasteiger partial charge on any atom is 0.295 e. The van der Waals surface area contributed by atoms with Crippen LogP contribution in [0.5, 0.6) is 5.75 Å². The molecule has 0 aliphatic heterocycles. The second-order valence-corrected chi connectivity index (χ2v) is 8.32. The SMILES string of the molecule is COc1ccc(Cl)cc1N(C(=O)c1ccco1)[C@H](C(=O)NC1CCCC1)c1ccccc1F. The molecule has 33 heavy (non-hydrogen) atoms. The van der Waals surface area contributed by atoms with Gasteiger partial charge >= 0.3 is 0 Å². The summed E-state index contributed by atoms with van der Waals surface area (Å²) in [5, 5.41) is 3.33. The molecule has 0 bridgehead atoms. The van der Waals surface area contributed by atoms with Gasteiger partial charge in [-0.1, -0.05) is 42.6 Å². The maximum atomic E-state index is 15.1. The van der Waals surface area contributed by atoms with Gasteiger partial charge in [0, 0.05) is 16.6 Å². The van der Waals surface area contributed by atoms with Crippen molar-refractivity contribution in [3.63, 3.8) is 0 Å². The summed E-state index contributed by atoms with van der Waals surface area (Å²) in [6.45, 7) is 0. The molecule has 1 heterocycles. The summed E-state index contributed by atoms with van der Waals surface area (Å²) in [6.07, 6.45) is 5.04. The van der Waals surface area contributed by atoms with Crippen LogP contribution in [0.1, 0.15) is 47.8 Å². The summed E-state index contributed by atoms with van der Waals surface area (Å²) in [5.74, 6) is -1.44. The monoisotopic (exact) mass is 470 g/mol. The number of hydrogen-bond acceptors (Lipinski definition) is 4. The lowest BCUT2D eigenvalue weighted by atomic mass is 10.0. The van der Waals surface area contributed by atoms with Gasteiger partial charge in [0.2, 0.25) is 5.91 Å². The van der Waals surface area contributed by atoms with Gasteiger partial charge in [0.05, 0.1) is 19.1 Å². The molecule has 1 aliphatic carbocycles. The normalized spacial score (nSPS) is 14.6. The van der Waals surface area contributed by atoms with E-state index < -0.39 is 23.7 Å². The van der Waals surface area contributed by atoms with Gasteiger partial charge in [0.1, 0.15) is 17.6 Å². The van der Waals surface area contributed by atoms with Crippen LogP contribution >= 0.6 is 11.6 Å². The lowest BCUT2D eigenvalue weighted by molar-refractivity contribution is -0.123. The molecule has 4 rings (SSSR count). The summed E-state index contributed by atoms with van der Waals surface area (Å²) >= 11 is 6.25. The number of carbonyl (C=O) groups excluding carboxylic acids is 2. The molecule has 1 N–H and O–H groups in total. The van der Waals surface area contributed by atoms with E-state index in [1.54, 1.807) is 24.3 Å². The van der Waals surface area contributed by atoms with Gasteiger partial charge in [-0.25, -0.2) is 4.39 Å². The number of halogens is 2. The molecule has 0 saturated heterocycles. The summed E-state index contributed by atoms with van der Waals surface area (Å²) in [5.41, 5.74) is 0.274. The van der Waals surface area contributed by atoms with Gasteiger partial charge in [-0.3, -0.25) is 14.5 Å². The number of methoxy groups -OCH3 is 1. The van der Waals surface area contributed by atoms with Crippen molar-refractivity contribution in [3.05, 3.63) is 83.0 Å². The first kappa shape index (κ1) is 22.9. The quantitative estimate of drug-likeness (QED) is 0.493. The van der Waals surface area contributed by atoms with Crippen molar-refractivity contribution in [1.82, 2.24) is 5.32 Å². The van der Waals surface area contributed by atoms with Gasteiger partial charge < -0.3 is 14.5 Å². The third-order valence-electron chi connectivity index (χ3n) is 5.76. The van der Waals surface area contributed by atoms with E-state index in [1.165, 1.54) is 48.6 Å². The summed E-state index contributed by atoms with van der Waals surface area (Å²) in [7, 11) is 1.44. The first-order valence-electron chi connectivity index (χ1n) is 10.7. The third-order valence-corrected chi connectivity index (χ3v) is 5.99. The zero-order valence-corrected chi connectivity index (χ0v) is 18.8. The number of nitrogens with one attached hydrogen (secondary N) is 1. The second kappa shape index (κ2) is 10.1. The van der Waals surface area contributed by atoms with Gasteiger partial charge in [0.25, 0.3) is 5.91 Å². The minimum absolute atomic E-state index is 0.00738. The highest BCUT2D eigenvalue weighted by atomic mass is 35.5. The molecule has 2 aromatic carbocycles. The zero-order chi connectivity index (χ0) is 23.4. The fourth-order valence-electron chi connectivity index (χ4n) is 4.18. The smallest absolute Gasteiger partial charge is 0.295 e. The average Bonchev–Trinajstić information content (AvgIpc) is 3.52. The van der Waals surface area contributed by atoms with Crippen molar-refractivity contribution < 1.29 is 23.1 Å². The Morgan fingerprint density at radius 3 is 2.58 bits per heavy atom. The number of ether oxygens (including phenoxy) is 1. The van der Waals surface area contributed by atoms with E-state index in [1.807, 2.05) is 0 Å². The maximum absolute atomic E-state index is 15.1. The Kier molecular flexibility index (Phi) is 6.99. The number of hydrogen-bond donors (Lipinski definition) is 1. The lowest BCUT2D eigenvalue weighted by Gasteiger charge is -2.32. The number of anilines is 1. The van der Waals surface area contributed by atoms with E-state index in [4.69, 9.17) is 20.8 Å². The molecule has 1 aromatic heterocycles. The molecule has 0 spiro atoms. The number of furan rings is 1. The van der Waals surface area contributed by atoms with E-state index >= 15 is 4.39 Å². The van der Waals surface area contributed by atoms with Gasteiger partial charge in [-0.05, 0) is 49.2 Å². The highest BCUT2D eigenvalue weighted by molar-refractivity contribution is 6.31. The zero-order valence-electron chi connectivity index (χ0n) is 18.1. The van der Waals surface area contributed by atoms with Crippen LogP contribution in [0.3, 0.4) is 0 Å². The molecule has 1 fully saturated rings. The molecule has 3 aromatic rings. The van der Waals surface area contributed by atoms with Crippen LogP contribution in [-0.2, 0) is 4.79 Å². The molecular weight excluding hydrogens is 447 g/mol. The van der Waals surface area contributed by atoms with Crippen molar-refractivity contribution in [2.45, 2.75) is 37.8 Å². The second-order valence-electron chi connectivity index (χ2n) is 7.88. The van der Waals surface area contributed by atoms with Crippen molar-refractivity contribution in [2.75, 3.05) is 12.0 Å². The van der Waals surface area contributed by atoms with Gasteiger partial charge in [-0.15, -0.1) is 0 Å². The lowest BCUT2D eigenvalue weighted by Crippen LogP contribution is -2.46. The average molecular weight is 471 g/mol. The number of amides is 2. The van der Waals surface area contributed by atoms with Crippen molar-refractivity contribution >= 4 is 29.1 Å². The molecule has 1 saturated carbocycles. The molecule has 0 unspecified atom stereocenters. The number of rotatable bonds is 7. The Morgan fingerprint density at radius 1 is 1.15 bits per heavy atom. The summed E-state index contributed by atoms with van der Waals surface area (Å²) in [6, 6.07) is 12.3. The highest BCUT2D eigenvalue weighted by Crippen LogP contribution is 2.39. The minimum atomic E-state index is -1.32. The molecule has 2 amide bonds. The van der Waals surface area contributed by atoms with E-state index in [9.17, 15) is 9.59 Å². The first-order valence-corrected chi connectivity index (χ1v) is 11.1. The Balaban J connectivity index is 1.89. The predicted molar refractivity (Wildman–Crippen MR) is 123 cm³/mol. The van der Waals surface area contributed by atoms with Gasteiger partial charge in [0.15, 0.2) is 5.76 Å². The van der Waals surface area contributed by atoms with Crippen LogP contribution in [0, 0.1) is 5.82 Å². The molecule has 1 aliphatic rings. The van der Waals surface area contributed by atoms with Crippen molar-refractivity contribution in [2.24, 2.45) is 0 Å². The summed E-state index contributed by atoms with van der Waals surface area (Å²) in [4.78, 5) is 28.5. The Morgan fingerprint density at radius 2 is 1.91 bits per heavy atom. The predicted octanol–water partition coefficient (Wildman–Crippen LogP) is 5.53. The highest BCUT2D eigenvalue weighted by Gasteiger charge is 2.38. The van der Waals surface area contributed by atoms with Crippen LogP contribution in [0.2, 0.25) is 5.02 Å². The van der Waals surface area contributed by atoms with E-state index in [0.717, 1.165) is 25.7 Å². The fraction of sp³-hybridized carbons (Fsp3) is 0.280. The van der Waals surface area contributed by atoms with Crippen LogP contribution in [0.4, 0.5) is 10.1 Å². The van der Waals surface area contributed by atoms with E-state index in [-0.39, 0.29) is 23.1 Å². The molecular formula is C25H24ClFN2O4. The molecule has 8 heteroatoms. The number of benzene rings is 2. The molecule has 0 radical (unpaired) electrons. The number of carbonyl (C=O) groups is 2. The van der Waals surface area contributed by atoms with Crippen LogP contribution < -0.4 is 15.0 Å². The first-order chi connectivity index (χ1) is 16.0. The van der Waals surface area contributed by atoms with Gasteiger partial charge in [-0.2, -0.15) is 0 Å². The van der Waals surface area contributed by atoms with E-state index in [2.05, 4.69) is 5.32 Å². The number of nitrogens with zero attached hydrogens (tertiary/aromatic N) is 1.